The van der Waals surface area contributed by atoms with Crippen LogP contribution in [0.2, 0.25) is 5.02 Å². The molecule has 0 aromatic heterocycles. The minimum Gasteiger partial charge on any atom is -0.388 e. The van der Waals surface area contributed by atoms with Gasteiger partial charge in [0.05, 0.1) is 6.10 Å². The van der Waals surface area contributed by atoms with Gasteiger partial charge in [-0.25, -0.2) is 0 Å². The van der Waals surface area contributed by atoms with Crippen molar-refractivity contribution in [2.45, 2.75) is 31.9 Å². The number of benzene rings is 1. The lowest BCUT2D eigenvalue weighted by atomic mass is 10.0. The fraction of sp³-hybridized carbons (Fsp3) is 0.455. The molecule has 0 saturated carbocycles. The van der Waals surface area contributed by atoms with Gasteiger partial charge in [0.1, 0.15) is 0 Å². The molecule has 0 bridgehead atoms. The van der Waals surface area contributed by atoms with Gasteiger partial charge in [-0.15, -0.1) is 0 Å². The van der Waals surface area contributed by atoms with Crippen LogP contribution < -0.4 is 5.73 Å². The number of aliphatic hydroxyl groups is 1. The average molecular weight is 293 g/mol. The Morgan fingerprint density at radius 2 is 2.20 bits per heavy atom. The van der Waals surface area contributed by atoms with Crippen LogP contribution in [0.4, 0.5) is 0 Å². The molecule has 1 rings (SSSR count). The predicted octanol–water partition coefficient (Wildman–Crippen LogP) is 3.26. The second-order valence-corrected chi connectivity index (χ2v) is 4.91. The fourth-order valence-electron chi connectivity index (χ4n) is 1.35. The van der Waals surface area contributed by atoms with Gasteiger partial charge in [0.15, 0.2) is 0 Å². The maximum Gasteiger partial charge on any atom is 0.0819 e. The van der Waals surface area contributed by atoms with Crippen molar-refractivity contribution in [1.29, 1.82) is 0 Å². The van der Waals surface area contributed by atoms with E-state index in [0.717, 1.165) is 16.5 Å². The molecule has 0 heterocycles. The van der Waals surface area contributed by atoms with Crippen LogP contribution in [0, 0.1) is 0 Å². The first kappa shape index (κ1) is 13.0. The van der Waals surface area contributed by atoms with Gasteiger partial charge in [-0.2, -0.15) is 0 Å². The van der Waals surface area contributed by atoms with E-state index in [0.29, 0.717) is 11.4 Å². The summed E-state index contributed by atoms with van der Waals surface area (Å²) in [5.74, 6) is 0. The second-order valence-electron chi connectivity index (χ2n) is 3.59. The molecular weight excluding hydrogens is 277 g/mol. The van der Waals surface area contributed by atoms with Crippen LogP contribution in [0.1, 0.15) is 31.4 Å². The Morgan fingerprint density at radius 3 is 2.73 bits per heavy atom. The zero-order valence-electron chi connectivity index (χ0n) is 8.58. The van der Waals surface area contributed by atoms with Crippen LogP contribution in [0.25, 0.3) is 0 Å². The zero-order valence-corrected chi connectivity index (χ0v) is 10.9. The third-order valence-electron chi connectivity index (χ3n) is 2.37. The van der Waals surface area contributed by atoms with Gasteiger partial charge in [0.2, 0.25) is 0 Å². The molecule has 0 fully saturated rings. The first-order valence-corrected chi connectivity index (χ1v) is 6.10. The van der Waals surface area contributed by atoms with E-state index in [4.69, 9.17) is 17.3 Å². The van der Waals surface area contributed by atoms with Crippen molar-refractivity contribution in [3.63, 3.8) is 0 Å². The van der Waals surface area contributed by atoms with Crippen molar-refractivity contribution in [1.82, 2.24) is 0 Å². The van der Waals surface area contributed by atoms with Crippen LogP contribution in [0.5, 0.6) is 0 Å². The minimum atomic E-state index is -0.583. The third kappa shape index (κ3) is 3.76. The molecule has 2 atom stereocenters. The van der Waals surface area contributed by atoms with E-state index in [2.05, 4.69) is 15.9 Å². The summed E-state index contributed by atoms with van der Waals surface area (Å²) in [7, 11) is 0. The number of aliphatic hydroxyl groups excluding tert-OH is 1. The summed E-state index contributed by atoms with van der Waals surface area (Å²) in [6, 6.07) is 5.47. The fourth-order valence-corrected chi connectivity index (χ4v) is 2.15. The summed E-state index contributed by atoms with van der Waals surface area (Å²) in [6.45, 7) is 2.00. The monoisotopic (exact) mass is 291 g/mol. The standard InChI is InChI=1S/C11H15BrClNO/c1-2-8(14)6-11(15)9-4-3-7(12)5-10(9)13/h3-5,8,11,15H,2,6,14H2,1H3. The SMILES string of the molecule is CCC(N)CC(O)c1ccc(Br)cc1Cl. The number of hydrogen-bond donors (Lipinski definition) is 2. The Bertz CT molecular complexity index is 332. The molecule has 2 nitrogen and oxygen atoms in total. The molecule has 1 aromatic rings. The lowest BCUT2D eigenvalue weighted by Crippen LogP contribution is -2.21. The van der Waals surface area contributed by atoms with E-state index in [1.807, 2.05) is 19.1 Å². The molecule has 0 aliphatic rings. The molecule has 15 heavy (non-hydrogen) atoms. The van der Waals surface area contributed by atoms with Crippen LogP contribution in [0.3, 0.4) is 0 Å². The Balaban J connectivity index is 2.77. The lowest BCUT2D eigenvalue weighted by Gasteiger charge is -2.16. The summed E-state index contributed by atoms with van der Waals surface area (Å²) in [4.78, 5) is 0. The van der Waals surface area contributed by atoms with Gasteiger partial charge in [0.25, 0.3) is 0 Å². The molecule has 0 amide bonds. The summed E-state index contributed by atoms with van der Waals surface area (Å²) in [5.41, 5.74) is 6.52. The number of nitrogens with two attached hydrogens (primary N) is 1. The van der Waals surface area contributed by atoms with E-state index in [1.54, 1.807) is 6.07 Å². The van der Waals surface area contributed by atoms with Gasteiger partial charge in [-0.1, -0.05) is 40.5 Å². The van der Waals surface area contributed by atoms with Gasteiger partial charge in [0, 0.05) is 15.5 Å². The molecule has 0 aliphatic heterocycles. The van der Waals surface area contributed by atoms with Gasteiger partial charge in [-0.3, -0.25) is 0 Å². The Labute approximate surface area is 104 Å². The highest BCUT2D eigenvalue weighted by Crippen LogP contribution is 2.28. The predicted molar refractivity (Wildman–Crippen MR) is 67.0 cm³/mol. The van der Waals surface area contributed by atoms with Gasteiger partial charge in [-0.05, 0) is 30.5 Å². The number of halogens is 2. The molecule has 3 N–H and O–H groups in total. The van der Waals surface area contributed by atoms with Gasteiger partial charge < -0.3 is 10.8 Å². The van der Waals surface area contributed by atoms with Crippen molar-refractivity contribution in [2.75, 3.05) is 0 Å². The largest absolute Gasteiger partial charge is 0.388 e. The first-order chi connectivity index (χ1) is 7.04. The Kier molecular flexibility index (Phi) is 5.06. The normalized spacial score (nSPS) is 15.0. The molecule has 1 aromatic carbocycles. The van der Waals surface area contributed by atoms with Crippen molar-refractivity contribution >= 4 is 27.5 Å². The molecule has 4 heteroatoms. The maximum absolute atomic E-state index is 9.91. The van der Waals surface area contributed by atoms with Crippen LogP contribution in [-0.2, 0) is 0 Å². The van der Waals surface area contributed by atoms with Gasteiger partial charge >= 0.3 is 0 Å². The highest BCUT2D eigenvalue weighted by atomic mass is 79.9. The minimum absolute atomic E-state index is 0.0136. The van der Waals surface area contributed by atoms with Crippen molar-refractivity contribution < 1.29 is 5.11 Å². The van der Waals surface area contributed by atoms with E-state index in [-0.39, 0.29) is 6.04 Å². The van der Waals surface area contributed by atoms with Crippen LogP contribution >= 0.6 is 27.5 Å². The molecule has 0 spiro atoms. The van der Waals surface area contributed by atoms with Crippen molar-refractivity contribution in [3.8, 4) is 0 Å². The van der Waals surface area contributed by atoms with E-state index in [9.17, 15) is 5.11 Å². The summed E-state index contributed by atoms with van der Waals surface area (Å²) in [5, 5.41) is 10.5. The molecular formula is C11H15BrClNO. The summed E-state index contributed by atoms with van der Waals surface area (Å²) < 4.78 is 0.906. The summed E-state index contributed by atoms with van der Waals surface area (Å²) >= 11 is 9.34. The van der Waals surface area contributed by atoms with E-state index < -0.39 is 6.10 Å². The quantitative estimate of drug-likeness (QED) is 0.895. The number of rotatable bonds is 4. The Morgan fingerprint density at radius 1 is 1.53 bits per heavy atom. The van der Waals surface area contributed by atoms with E-state index in [1.165, 1.54) is 0 Å². The average Bonchev–Trinajstić information content (AvgIpc) is 2.17. The van der Waals surface area contributed by atoms with Crippen LogP contribution in [0.15, 0.2) is 22.7 Å². The molecule has 2 unspecified atom stereocenters. The van der Waals surface area contributed by atoms with Crippen molar-refractivity contribution in [3.05, 3.63) is 33.3 Å². The molecule has 0 radical (unpaired) electrons. The zero-order chi connectivity index (χ0) is 11.4. The van der Waals surface area contributed by atoms with Crippen molar-refractivity contribution in [2.24, 2.45) is 5.73 Å². The second kappa shape index (κ2) is 5.85. The maximum atomic E-state index is 9.91. The smallest absolute Gasteiger partial charge is 0.0819 e. The first-order valence-electron chi connectivity index (χ1n) is 4.93. The highest BCUT2D eigenvalue weighted by Gasteiger charge is 2.14. The van der Waals surface area contributed by atoms with E-state index >= 15 is 0 Å². The third-order valence-corrected chi connectivity index (χ3v) is 3.19. The number of hydrogen-bond acceptors (Lipinski definition) is 2. The topological polar surface area (TPSA) is 46.2 Å². The van der Waals surface area contributed by atoms with Crippen LogP contribution in [-0.4, -0.2) is 11.1 Å². The molecule has 0 saturated heterocycles. The lowest BCUT2D eigenvalue weighted by molar-refractivity contribution is 0.157. The summed E-state index contributed by atoms with van der Waals surface area (Å²) in [6.07, 6.45) is 0.809. The highest BCUT2D eigenvalue weighted by molar-refractivity contribution is 9.10. The molecule has 84 valence electrons. The molecule has 0 aliphatic carbocycles. The Hall–Kier alpha value is -0.0900.